The van der Waals surface area contributed by atoms with Crippen molar-refractivity contribution < 1.29 is 8.42 Å². The van der Waals surface area contributed by atoms with Gasteiger partial charge in [0.1, 0.15) is 5.82 Å². The van der Waals surface area contributed by atoms with Crippen LogP contribution in [0.2, 0.25) is 5.02 Å². The number of aromatic nitrogens is 1. The molecule has 100 valence electrons. The number of benzene rings is 1. The monoisotopic (exact) mass is 297 g/mol. The van der Waals surface area contributed by atoms with Gasteiger partial charge in [-0.2, -0.15) is 0 Å². The van der Waals surface area contributed by atoms with Gasteiger partial charge < -0.3 is 5.73 Å². The summed E-state index contributed by atoms with van der Waals surface area (Å²) in [6.45, 7) is 1.74. The Morgan fingerprint density at radius 1 is 1.26 bits per heavy atom. The van der Waals surface area contributed by atoms with Crippen molar-refractivity contribution in [1.29, 1.82) is 0 Å². The number of pyridine rings is 1. The minimum absolute atomic E-state index is 0.135. The van der Waals surface area contributed by atoms with Gasteiger partial charge >= 0.3 is 0 Å². The predicted molar refractivity (Wildman–Crippen MR) is 75.6 cm³/mol. The number of anilines is 2. The van der Waals surface area contributed by atoms with E-state index in [1.54, 1.807) is 19.1 Å². The number of nitrogens with zero attached hydrogens (tertiary/aromatic N) is 1. The van der Waals surface area contributed by atoms with Gasteiger partial charge in [0, 0.05) is 11.9 Å². The third-order valence-corrected chi connectivity index (χ3v) is 4.09. The van der Waals surface area contributed by atoms with Crippen LogP contribution in [-0.2, 0) is 10.0 Å². The Morgan fingerprint density at radius 3 is 2.58 bits per heavy atom. The summed E-state index contributed by atoms with van der Waals surface area (Å²) in [5, 5.41) is 0.436. The first-order valence-electron chi connectivity index (χ1n) is 5.39. The van der Waals surface area contributed by atoms with Gasteiger partial charge in [-0.25, -0.2) is 13.4 Å². The highest BCUT2D eigenvalue weighted by Crippen LogP contribution is 2.19. The summed E-state index contributed by atoms with van der Waals surface area (Å²) in [5.41, 5.74) is 6.90. The number of rotatable bonds is 3. The molecule has 0 aliphatic rings. The van der Waals surface area contributed by atoms with E-state index in [0.29, 0.717) is 16.3 Å². The van der Waals surface area contributed by atoms with E-state index in [-0.39, 0.29) is 10.7 Å². The van der Waals surface area contributed by atoms with Crippen LogP contribution >= 0.6 is 11.6 Å². The van der Waals surface area contributed by atoms with Crippen LogP contribution in [0.5, 0.6) is 0 Å². The number of sulfonamides is 1. The van der Waals surface area contributed by atoms with Gasteiger partial charge in [0.05, 0.1) is 9.92 Å². The van der Waals surface area contributed by atoms with E-state index in [0.717, 1.165) is 0 Å². The number of nitrogens with two attached hydrogens (primary N) is 1. The van der Waals surface area contributed by atoms with E-state index in [9.17, 15) is 8.42 Å². The summed E-state index contributed by atoms with van der Waals surface area (Å²) in [6.07, 6.45) is 1.37. The van der Waals surface area contributed by atoms with Crippen LogP contribution in [-0.4, -0.2) is 13.4 Å². The summed E-state index contributed by atoms with van der Waals surface area (Å²) in [6, 6.07) is 7.55. The number of hydrogen-bond acceptors (Lipinski definition) is 4. The Labute approximate surface area is 116 Å². The van der Waals surface area contributed by atoms with E-state index in [4.69, 9.17) is 17.3 Å². The van der Waals surface area contributed by atoms with Gasteiger partial charge in [-0.1, -0.05) is 11.6 Å². The molecule has 2 aromatic rings. The highest BCUT2D eigenvalue weighted by Gasteiger charge is 2.15. The number of nitrogen functional groups attached to an aromatic ring is 1. The molecule has 0 spiro atoms. The summed E-state index contributed by atoms with van der Waals surface area (Å²) in [4.78, 5) is 4.02. The van der Waals surface area contributed by atoms with E-state index in [2.05, 4.69) is 9.71 Å². The molecule has 2 rings (SSSR count). The molecule has 5 nitrogen and oxygen atoms in total. The zero-order chi connectivity index (χ0) is 14.0. The van der Waals surface area contributed by atoms with Crippen molar-refractivity contribution in [3.63, 3.8) is 0 Å². The molecule has 1 aromatic heterocycles. The molecule has 0 saturated heterocycles. The van der Waals surface area contributed by atoms with E-state index < -0.39 is 10.0 Å². The zero-order valence-corrected chi connectivity index (χ0v) is 11.7. The van der Waals surface area contributed by atoms with Crippen molar-refractivity contribution >= 4 is 33.1 Å². The van der Waals surface area contributed by atoms with Gasteiger partial charge in [-0.05, 0) is 42.8 Å². The molecular weight excluding hydrogens is 286 g/mol. The maximum Gasteiger partial charge on any atom is 0.263 e. The summed E-state index contributed by atoms with van der Waals surface area (Å²) < 4.78 is 26.6. The van der Waals surface area contributed by atoms with Crippen molar-refractivity contribution in [2.24, 2.45) is 0 Å². The molecule has 1 aromatic carbocycles. The molecule has 0 fully saturated rings. The molecule has 0 bridgehead atoms. The number of hydrogen-bond donors (Lipinski definition) is 2. The molecule has 0 unspecified atom stereocenters. The first-order valence-corrected chi connectivity index (χ1v) is 7.25. The maximum atomic E-state index is 12.1. The van der Waals surface area contributed by atoms with Crippen LogP contribution < -0.4 is 10.5 Å². The number of nitrogens with one attached hydrogen (secondary N) is 1. The van der Waals surface area contributed by atoms with Crippen LogP contribution in [0.1, 0.15) is 5.56 Å². The fraction of sp³-hybridized carbons (Fsp3) is 0.0833. The smallest absolute Gasteiger partial charge is 0.263 e. The van der Waals surface area contributed by atoms with Gasteiger partial charge in [-0.3, -0.25) is 4.72 Å². The lowest BCUT2D eigenvalue weighted by atomic mass is 10.2. The quantitative estimate of drug-likeness (QED) is 0.852. The number of halogens is 1. The molecule has 7 heteroatoms. The Kier molecular flexibility index (Phi) is 3.64. The molecule has 0 atom stereocenters. The lowest BCUT2D eigenvalue weighted by Gasteiger charge is -2.08. The van der Waals surface area contributed by atoms with Crippen molar-refractivity contribution in [3.8, 4) is 0 Å². The van der Waals surface area contributed by atoms with Crippen molar-refractivity contribution in [2.45, 2.75) is 11.8 Å². The third-order valence-electron chi connectivity index (χ3n) is 2.52. The van der Waals surface area contributed by atoms with E-state index in [1.807, 2.05) is 0 Å². The van der Waals surface area contributed by atoms with E-state index in [1.165, 1.54) is 24.4 Å². The van der Waals surface area contributed by atoms with Crippen molar-refractivity contribution in [1.82, 2.24) is 4.98 Å². The van der Waals surface area contributed by atoms with E-state index >= 15 is 0 Å². The fourth-order valence-corrected chi connectivity index (χ4v) is 2.65. The summed E-state index contributed by atoms with van der Waals surface area (Å²) in [7, 11) is -3.68. The molecule has 0 radical (unpaired) electrons. The molecule has 0 aliphatic heterocycles. The van der Waals surface area contributed by atoms with Gasteiger partial charge in [0.25, 0.3) is 10.0 Å². The van der Waals surface area contributed by atoms with Crippen molar-refractivity contribution in [2.75, 3.05) is 10.5 Å². The number of aryl methyl sites for hydroxylation is 1. The fourth-order valence-electron chi connectivity index (χ4n) is 1.45. The second-order valence-electron chi connectivity index (χ2n) is 3.99. The molecular formula is C12H12ClN3O2S. The second-order valence-corrected chi connectivity index (χ2v) is 6.10. The normalized spacial score (nSPS) is 11.3. The molecule has 0 saturated carbocycles. The first-order chi connectivity index (χ1) is 8.88. The van der Waals surface area contributed by atoms with Gasteiger partial charge in [0.15, 0.2) is 0 Å². The molecule has 1 heterocycles. The first kappa shape index (κ1) is 13.6. The summed E-state index contributed by atoms with van der Waals surface area (Å²) in [5.74, 6) is 0.207. The minimum atomic E-state index is -3.68. The molecule has 19 heavy (non-hydrogen) atoms. The lowest BCUT2D eigenvalue weighted by molar-refractivity contribution is 0.601. The lowest BCUT2D eigenvalue weighted by Crippen LogP contribution is -2.14. The average Bonchev–Trinajstić information content (AvgIpc) is 2.35. The molecule has 0 aliphatic carbocycles. The SMILES string of the molecule is Cc1cc(S(=O)(=O)Nc2ccc(Cl)cn2)ccc1N. The summed E-state index contributed by atoms with van der Waals surface area (Å²) >= 11 is 5.68. The van der Waals surface area contributed by atoms with Crippen LogP contribution in [0.4, 0.5) is 11.5 Å². The Hall–Kier alpha value is -1.79. The van der Waals surface area contributed by atoms with Crippen LogP contribution in [0.25, 0.3) is 0 Å². The van der Waals surface area contributed by atoms with Gasteiger partial charge in [0.2, 0.25) is 0 Å². The Bertz CT molecular complexity index is 699. The predicted octanol–water partition coefficient (Wildman–Crippen LogP) is 2.43. The zero-order valence-electron chi connectivity index (χ0n) is 10.1. The minimum Gasteiger partial charge on any atom is -0.399 e. The van der Waals surface area contributed by atoms with Crippen LogP contribution in [0.3, 0.4) is 0 Å². The standard InChI is InChI=1S/C12H12ClN3O2S/c1-8-6-10(3-4-11(8)14)19(17,18)16-12-5-2-9(13)7-15-12/h2-7H,14H2,1H3,(H,15,16). The second kappa shape index (κ2) is 5.07. The highest BCUT2D eigenvalue weighted by molar-refractivity contribution is 7.92. The maximum absolute atomic E-state index is 12.1. The third kappa shape index (κ3) is 3.15. The largest absolute Gasteiger partial charge is 0.399 e. The Morgan fingerprint density at radius 2 is 2.00 bits per heavy atom. The topological polar surface area (TPSA) is 85.1 Å². The molecule has 0 amide bonds. The highest BCUT2D eigenvalue weighted by atomic mass is 35.5. The van der Waals surface area contributed by atoms with Crippen LogP contribution in [0, 0.1) is 6.92 Å². The van der Waals surface area contributed by atoms with Crippen molar-refractivity contribution in [3.05, 3.63) is 47.1 Å². The van der Waals surface area contributed by atoms with Crippen LogP contribution in [0.15, 0.2) is 41.4 Å². The average molecular weight is 298 g/mol. The molecule has 3 N–H and O–H groups in total. The Balaban J connectivity index is 2.32. The van der Waals surface area contributed by atoms with Gasteiger partial charge in [-0.15, -0.1) is 0 Å².